The van der Waals surface area contributed by atoms with Gasteiger partial charge in [0.1, 0.15) is 0 Å². The zero-order valence-electron chi connectivity index (χ0n) is 44.1. The summed E-state index contributed by atoms with van der Waals surface area (Å²) < 4.78 is 19.9. The van der Waals surface area contributed by atoms with Crippen LogP contribution < -0.4 is 10.6 Å². The van der Waals surface area contributed by atoms with Crippen molar-refractivity contribution in [3.63, 3.8) is 0 Å². The average Bonchev–Trinajstić information content (AvgIpc) is 3.29. The molecule has 0 spiro atoms. The lowest BCUT2D eigenvalue weighted by molar-refractivity contribution is -0.143. The summed E-state index contributed by atoms with van der Waals surface area (Å²) in [7, 11) is 0.966. The molecule has 0 aliphatic rings. The van der Waals surface area contributed by atoms with Crippen LogP contribution >= 0.6 is 7.14 Å². The van der Waals surface area contributed by atoms with Gasteiger partial charge < -0.3 is 34.6 Å². The van der Waals surface area contributed by atoms with Crippen LogP contribution in [0.4, 0.5) is 0 Å². The monoisotopic (exact) mass is 940 g/mol. The standard InChI is InChI=1S/C54H110N5O5P/c1-7-11-15-19-23-27-31-42-58(43-32-28-24-20-16-12-8-2)46-39-55-52(60)36-49-65(63,51-38-54(62)64-48-35-41-57(5)6)50-37-53(61)56-40-47-59(44-33-29-25-21-17-13-9-3)45-34-30-26-22-18-14-10-4/h7-51H2,1-6H3,(H,55,60)(H,56,61). The molecule has 65 heavy (non-hydrogen) atoms. The molecule has 0 unspecified atom stereocenters. The topological polar surface area (TPSA) is 111 Å². The van der Waals surface area contributed by atoms with Gasteiger partial charge in [-0.15, -0.1) is 0 Å². The number of carbonyl (C=O) groups is 3. The molecule has 0 bridgehead atoms. The summed E-state index contributed by atoms with van der Waals surface area (Å²) in [5.74, 6) is -0.564. The summed E-state index contributed by atoms with van der Waals surface area (Å²) in [5, 5.41) is 6.25. The third kappa shape index (κ3) is 44.8. The van der Waals surface area contributed by atoms with E-state index in [1.54, 1.807) is 0 Å². The first-order chi connectivity index (χ1) is 31.6. The third-order valence-electron chi connectivity index (χ3n) is 13.0. The van der Waals surface area contributed by atoms with Gasteiger partial charge in [0.05, 0.1) is 20.2 Å². The van der Waals surface area contributed by atoms with Crippen LogP contribution in [0, 0.1) is 0 Å². The highest BCUT2D eigenvalue weighted by Crippen LogP contribution is 2.47. The second-order valence-electron chi connectivity index (χ2n) is 19.7. The lowest BCUT2D eigenvalue weighted by Crippen LogP contribution is -2.36. The Hall–Kier alpha value is -1.48. The van der Waals surface area contributed by atoms with Gasteiger partial charge in [0.15, 0.2) is 0 Å². The zero-order valence-corrected chi connectivity index (χ0v) is 45.0. The fraction of sp³-hybridized carbons (Fsp3) is 0.944. The van der Waals surface area contributed by atoms with Crippen molar-refractivity contribution in [3.05, 3.63) is 0 Å². The number of hydrogen-bond donors (Lipinski definition) is 2. The Bertz CT molecular complexity index is 1030. The zero-order chi connectivity index (χ0) is 47.9. The number of ether oxygens (including phenoxy) is 1. The molecule has 10 nitrogen and oxygen atoms in total. The maximum atomic E-state index is 14.4. The van der Waals surface area contributed by atoms with Gasteiger partial charge in [-0.05, 0) is 72.4 Å². The second-order valence-corrected chi connectivity index (χ2v) is 23.2. The van der Waals surface area contributed by atoms with Crippen LogP contribution in [0.2, 0.25) is 0 Å². The lowest BCUT2D eigenvalue weighted by Gasteiger charge is -2.23. The van der Waals surface area contributed by atoms with E-state index in [4.69, 9.17) is 4.74 Å². The van der Waals surface area contributed by atoms with Gasteiger partial charge in [-0.1, -0.05) is 182 Å². The minimum atomic E-state index is -3.01. The Labute approximate surface area is 403 Å². The SMILES string of the molecule is CCCCCCCCCN(CCCCCCCCC)CCNC(=O)CCP(=O)(CCC(=O)NCCN(CCCCCCCCC)CCCCCCCCC)CCC(=O)OCCCN(C)C. The van der Waals surface area contributed by atoms with E-state index in [0.29, 0.717) is 19.7 Å². The Morgan fingerprint density at radius 1 is 0.400 bits per heavy atom. The highest BCUT2D eigenvalue weighted by Gasteiger charge is 2.26. The quantitative estimate of drug-likeness (QED) is 0.0352. The molecule has 0 heterocycles. The Kier molecular flexibility index (Phi) is 46.5. The number of esters is 1. The van der Waals surface area contributed by atoms with E-state index in [2.05, 4.69) is 48.1 Å². The van der Waals surface area contributed by atoms with E-state index in [0.717, 1.165) is 52.2 Å². The summed E-state index contributed by atoms with van der Waals surface area (Å²) in [6.45, 7) is 17.3. The molecule has 0 rings (SSSR count). The van der Waals surface area contributed by atoms with Gasteiger partial charge in [-0.2, -0.15) is 0 Å². The molecular formula is C54H110N5O5P. The summed E-state index contributed by atoms with van der Waals surface area (Å²) in [4.78, 5) is 46.3. The van der Waals surface area contributed by atoms with E-state index in [-0.39, 0.29) is 55.5 Å². The van der Waals surface area contributed by atoms with E-state index >= 15 is 0 Å². The van der Waals surface area contributed by atoms with Crippen molar-refractivity contribution in [3.8, 4) is 0 Å². The Balaban J connectivity index is 5.26. The first-order valence-corrected chi connectivity index (χ1v) is 30.2. The molecule has 0 aromatic heterocycles. The molecule has 0 saturated heterocycles. The molecule has 0 aromatic rings. The minimum Gasteiger partial charge on any atom is -0.466 e. The van der Waals surface area contributed by atoms with Gasteiger partial charge in [0.25, 0.3) is 0 Å². The molecular weight excluding hydrogens is 830 g/mol. The number of carbonyl (C=O) groups excluding carboxylic acids is 3. The Morgan fingerprint density at radius 2 is 0.708 bits per heavy atom. The predicted molar refractivity (Wildman–Crippen MR) is 281 cm³/mol. The normalized spacial score (nSPS) is 11.9. The van der Waals surface area contributed by atoms with Crippen molar-refractivity contribution in [1.29, 1.82) is 0 Å². The van der Waals surface area contributed by atoms with E-state index in [1.807, 2.05) is 19.0 Å². The molecule has 0 aliphatic heterocycles. The molecule has 0 saturated carbocycles. The largest absolute Gasteiger partial charge is 0.466 e. The molecule has 2 N–H and O–H groups in total. The van der Waals surface area contributed by atoms with Gasteiger partial charge in [0, 0.05) is 64.1 Å². The van der Waals surface area contributed by atoms with Crippen LogP contribution in [-0.4, -0.2) is 131 Å². The highest BCUT2D eigenvalue weighted by molar-refractivity contribution is 7.64. The van der Waals surface area contributed by atoms with Gasteiger partial charge in [0.2, 0.25) is 11.8 Å². The summed E-state index contributed by atoms with van der Waals surface area (Å²) in [6.07, 6.45) is 37.7. The first kappa shape index (κ1) is 63.5. The number of unbranched alkanes of at least 4 members (excludes halogenated alkanes) is 24. The number of hydrogen-bond acceptors (Lipinski definition) is 8. The summed E-state index contributed by atoms with van der Waals surface area (Å²) in [6, 6.07) is 0. The first-order valence-electron chi connectivity index (χ1n) is 27.9. The van der Waals surface area contributed by atoms with E-state index < -0.39 is 7.14 Å². The number of amides is 2. The minimum absolute atomic E-state index is 0.0425. The van der Waals surface area contributed by atoms with Crippen LogP contribution in [0.25, 0.3) is 0 Å². The maximum absolute atomic E-state index is 14.4. The van der Waals surface area contributed by atoms with E-state index in [9.17, 15) is 18.9 Å². The lowest BCUT2D eigenvalue weighted by atomic mass is 10.1. The molecule has 2 amide bonds. The fourth-order valence-electron chi connectivity index (χ4n) is 8.60. The summed E-state index contributed by atoms with van der Waals surface area (Å²) >= 11 is 0. The van der Waals surface area contributed by atoms with Gasteiger partial charge >= 0.3 is 5.97 Å². The van der Waals surface area contributed by atoms with Gasteiger partial charge in [-0.25, -0.2) is 0 Å². The second kappa shape index (κ2) is 47.6. The van der Waals surface area contributed by atoms with Crippen LogP contribution in [0.5, 0.6) is 0 Å². The molecule has 0 aromatic carbocycles. The number of rotatable bonds is 51. The van der Waals surface area contributed by atoms with Crippen LogP contribution in [0.1, 0.15) is 233 Å². The average molecular weight is 940 g/mol. The highest BCUT2D eigenvalue weighted by atomic mass is 31.2. The van der Waals surface area contributed by atoms with Gasteiger partial charge in [-0.3, -0.25) is 14.4 Å². The molecule has 0 fully saturated rings. The van der Waals surface area contributed by atoms with Crippen molar-refractivity contribution in [2.45, 2.75) is 233 Å². The van der Waals surface area contributed by atoms with Crippen LogP contribution in [-0.2, 0) is 23.7 Å². The molecule has 0 aliphatic carbocycles. The van der Waals surface area contributed by atoms with Crippen molar-refractivity contribution >= 4 is 24.9 Å². The van der Waals surface area contributed by atoms with E-state index in [1.165, 1.54) is 180 Å². The molecule has 386 valence electrons. The molecule has 0 atom stereocenters. The number of nitrogens with one attached hydrogen (secondary N) is 2. The van der Waals surface area contributed by atoms with Crippen molar-refractivity contribution in [2.75, 3.05) is 98.1 Å². The van der Waals surface area contributed by atoms with Crippen molar-refractivity contribution in [2.24, 2.45) is 0 Å². The summed E-state index contributed by atoms with van der Waals surface area (Å²) in [5.41, 5.74) is 0. The molecule has 11 heteroatoms. The fourth-order valence-corrected chi connectivity index (χ4v) is 11.1. The van der Waals surface area contributed by atoms with Crippen LogP contribution in [0.15, 0.2) is 0 Å². The third-order valence-corrected chi connectivity index (χ3v) is 16.2. The maximum Gasteiger partial charge on any atom is 0.306 e. The number of nitrogens with zero attached hydrogens (tertiary/aromatic N) is 3. The molecule has 0 radical (unpaired) electrons. The smallest absolute Gasteiger partial charge is 0.306 e. The Morgan fingerprint density at radius 3 is 1.03 bits per heavy atom. The van der Waals surface area contributed by atoms with Crippen molar-refractivity contribution < 1.29 is 23.7 Å². The van der Waals surface area contributed by atoms with Crippen molar-refractivity contribution in [1.82, 2.24) is 25.3 Å². The van der Waals surface area contributed by atoms with Crippen LogP contribution in [0.3, 0.4) is 0 Å². The predicted octanol–water partition coefficient (Wildman–Crippen LogP) is 12.9.